The molecule has 0 heterocycles. The zero-order valence-corrected chi connectivity index (χ0v) is 11.6. The summed E-state index contributed by atoms with van der Waals surface area (Å²) in [6, 6.07) is 6.34. The molecule has 0 fully saturated rings. The molecular formula is C14H23FN2O. The van der Waals surface area contributed by atoms with E-state index < -0.39 is 0 Å². The Morgan fingerprint density at radius 3 is 2.22 bits per heavy atom. The average Bonchev–Trinajstić information content (AvgIpc) is 2.29. The highest BCUT2D eigenvalue weighted by molar-refractivity contribution is 5.20. The van der Waals surface area contributed by atoms with Crippen molar-refractivity contribution < 1.29 is 9.23 Å². The maximum atomic E-state index is 12.9. The molecule has 1 unspecified atom stereocenters. The van der Waals surface area contributed by atoms with Gasteiger partial charge >= 0.3 is 0 Å². The van der Waals surface area contributed by atoms with Crippen LogP contribution >= 0.6 is 0 Å². The molecule has 0 amide bonds. The minimum atomic E-state index is -0.241. The van der Waals surface area contributed by atoms with Crippen LogP contribution in [0.5, 0.6) is 0 Å². The monoisotopic (exact) mass is 254 g/mol. The second-order valence-corrected chi connectivity index (χ2v) is 5.62. The zero-order chi connectivity index (χ0) is 13.8. The molecule has 1 aromatic carbocycles. The minimum absolute atomic E-state index is 0.0603. The Balaban J connectivity index is 2.89. The van der Waals surface area contributed by atoms with E-state index in [2.05, 4.69) is 20.8 Å². The van der Waals surface area contributed by atoms with E-state index in [0.29, 0.717) is 6.54 Å². The van der Waals surface area contributed by atoms with E-state index in [1.807, 2.05) is 5.06 Å². The van der Waals surface area contributed by atoms with Crippen molar-refractivity contribution in [1.29, 1.82) is 0 Å². The van der Waals surface area contributed by atoms with Crippen LogP contribution in [0.3, 0.4) is 0 Å². The summed E-state index contributed by atoms with van der Waals surface area (Å²) in [7, 11) is 1.64. The Bertz CT molecular complexity index is 359. The van der Waals surface area contributed by atoms with Crippen LogP contribution in [-0.4, -0.2) is 25.3 Å². The van der Waals surface area contributed by atoms with Crippen LogP contribution in [0.2, 0.25) is 0 Å². The van der Waals surface area contributed by atoms with E-state index >= 15 is 0 Å². The molecular weight excluding hydrogens is 231 g/mol. The van der Waals surface area contributed by atoms with Gasteiger partial charge in [0.25, 0.3) is 0 Å². The number of nitrogens with zero attached hydrogens (tertiary/aromatic N) is 1. The fraction of sp³-hybridized carbons (Fsp3) is 0.571. The number of hydrogen-bond donors (Lipinski definition) is 1. The van der Waals surface area contributed by atoms with Gasteiger partial charge in [-0.3, -0.25) is 0 Å². The van der Waals surface area contributed by atoms with Crippen molar-refractivity contribution in [2.45, 2.75) is 26.8 Å². The number of rotatable bonds is 5. The molecule has 0 radical (unpaired) electrons. The van der Waals surface area contributed by atoms with Gasteiger partial charge in [0, 0.05) is 13.1 Å². The normalized spacial score (nSPS) is 13.9. The zero-order valence-electron chi connectivity index (χ0n) is 11.6. The molecule has 2 N–H and O–H groups in total. The number of halogens is 1. The van der Waals surface area contributed by atoms with Crippen LogP contribution < -0.4 is 5.73 Å². The first-order valence-electron chi connectivity index (χ1n) is 6.13. The Morgan fingerprint density at radius 2 is 1.83 bits per heavy atom. The molecule has 102 valence electrons. The summed E-state index contributed by atoms with van der Waals surface area (Å²) in [5, 5.41) is 1.85. The summed E-state index contributed by atoms with van der Waals surface area (Å²) in [6.07, 6.45) is 0. The van der Waals surface area contributed by atoms with Crippen LogP contribution in [-0.2, 0) is 4.84 Å². The largest absolute Gasteiger partial charge is 0.329 e. The van der Waals surface area contributed by atoms with Crippen molar-refractivity contribution >= 4 is 0 Å². The molecule has 1 rings (SSSR count). The highest BCUT2D eigenvalue weighted by Crippen LogP contribution is 2.25. The van der Waals surface area contributed by atoms with E-state index in [1.165, 1.54) is 12.1 Å². The molecule has 4 heteroatoms. The fourth-order valence-electron chi connectivity index (χ4n) is 1.87. The lowest BCUT2D eigenvalue weighted by atomic mass is 9.95. The number of hydrogen-bond acceptors (Lipinski definition) is 3. The topological polar surface area (TPSA) is 38.5 Å². The van der Waals surface area contributed by atoms with E-state index in [0.717, 1.165) is 12.1 Å². The highest BCUT2D eigenvalue weighted by Gasteiger charge is 2.24. The molecule has 0 aliphatic carbocycles. The Labute approximate surface area is 109 Å². The predicted octanol–water partition coefficient (Wildman–Crippen LogP) is 2.74. The summed E-state index contributed by atoms with van der Waals surface area (Å²) in [5.74, 6) is -0.241. The molecule has 1 aromatic rings. The standard InChI is InChI=1S/C14H23FN2O/c1-14(2,3)10-17(18-4)13(9-16)11-5-7-12(15)8-6-11/h5-8,13H,9-10,16H2,1-4H3. The van der Waals surface area contributed by atoms with Crippen molar-refractivity contribution in [3.8, 4) is 0 Å². The van der Waals surface area contributed by atoms with Gasteiger partial charge in [0.05, 0.1) is 13.2 Å². The number of hydroxylamine groups is 2. The molecule has 0 saturated carbocycles. The van der Waals surface area contributed by atoms with Crippen molar-refractivity contribution in [2.24, 2.45) is 11.1 Å². The van der Waals surface area contributed by atoms with Crippen molar-refractivity contribution in [3.05, 3.63) is 35.6 Å². The summed E-state index contributed by atoms with van der Waals surface area (Å²) in [4.78, 5) is 5.42. The van der Waals surface area contributed by atoms with E-state index in [9.17, 15) is 4.39 Å². The lowest BCUT2D eigenvalue weighted by Crippen LogP contribution is -2.38. The maximum absolute atomic E-state index is 12.9. The molecule has 18 heavy (non-hydrogen) atoms. The van der Waals surface area contributed by atoms with Crippen molar-refractivity contribution in [2.75, 3.05) is 20.2 Å². The third kappa shape index (κ3) is 4.37. The van der Waals surface area contributed by atoms with E-state index in [-0.39, 0.29) is 17.3 Å². The molecule has 0 spiro atoms. The second-order valence-electron chi connectivity index (χ2n) is 5.62. The first kappa shape index (κ1) is 15.1. The quantitative estimate of drug-likeness (QED) is 0.821. The Morgan fingerprint density at radius 1 is 1.28 bits per heavy atom. The van der Waals surface area contributed by atoms with Crippen molar-refractivity contribution in [1.82, 2.24) is 5.06 Å². The van der Waals surface area contributed by atoms with Gasteiger partial charge in [0.2, 0.25) is 0 Å². The number of benzene rings is 1. The average molecular weight is 254 g/mol. The number of nitrogens with two attached hydrogens (primary N) is 1. The van der Waals surface area contributed by atoms with E-state index in [1.54, 1.807) is 19.2 Å². The lowest BCUT2D eigenvalue weighted by molar-refractivity contribution is -0.176. The van der Waals surface area contributed by atoms with Crippen LogP contribution in [0.15, 0.2) is 24.3 Å². The summed E-state index contributed by atoms with van der Waals surface area (Å²) < 4.78 is 12.9. The molecule has 0 saturated heterocycles. The molecule has 3 nitrogen and oxygen atoms in total. The van der Waals surface area contributed by atoms with Gasteiger partial charge in [0.15, 0.2) is 0 Å². The summed E-state index contributed by atoms with van der Waals surface area (Å²) in [6.45, 7) is 7.59. The first-order chi connectivity index (χ1) is 8.37. The molecule has 0 aromatic heterocycles. The smallest absolute Gasteiger partial charge is 0.123 e. The third-order valence-electron chi connectivity index (χ3n) is 2.69. The second kappa shape index (κ2) is 6.27. The predicted molar refractivity (Wildman–Crippen MR) is 71.4 cm³/mol. The highest BCUT2D eigenvalue weighted by atomic mass is 19.1. The van der Waals surface area contributed by atoms with Gasteiger partial charge in [-0.15, -0.1) is 0 Å². The minimum Gasteiger partial charge on any atom is -0.329 e. The molecule has 0 bridgehead atoms. The van der Waals surface area contributed by atoms with Gasteiger partial charge in [0.1, 0.15) is 5.82 Å². The molecule has 0 aliphatic rings. The molecule has 1 atom stereocenters. The maximum Gasteiger partial charge on any atom is 0.123 e. The Hall–Kier alpha value is -0.970. The SMILES string of the molecule is CON(CC(C)(C)C)C(CN)c1ccc(F)cc1. The van der Waals surface area contributed by atoms with Crippen LogP contribution in [0, 0.1) is 11.2 Å². The summed E-state index contributed by atoms with van der Waals surface area (Å²) >= 11 is 0. The molecule has 0 aliphatic heterocycles. The van der Waals surface area contributed by atoms with Crippen LogP contribution in [0.25, 0.3) is 0 Å². The Kier molecular flexibility index (Phi) is 5.26. The van der Waals surface area contributed by atoms with Crippen molar-refractivity contribution in [3.63, 3.8) is 0 Å². The third-order valence-corrected chi connectivity index (χ3v) is 2.69. The summed E-state index contributed by atoms with van der Waals surface area (Å²) in [5.41, 5.74) is 6.89. The fourth-order valence-corrected chi connectivity index (χ4v) is 1.87. The van der Waals surface area contributed by atoms with Crippen LogP contribution in [0.1, 0.15) is 32.4 Å². The van der Waals surface area contributed by atoms with Gasteiger partial charge in [-0.05, 0) is 23.1 Å². The van der Waals surface area contributed by atoms with Crippen LogP contribution in [0.4, 0.5) is 4.39 Å². The van der Waals surface area contributed by atoms with Gasteiger partial charge < -0.3 is 10.6 Å². The van der Waals surface area contributed by atoms with Gasteiger partial charge in [-0.1, -0.05) is 32.9 Å². The first-order valence-corrected chi connectivity index (χ1v) is 6.13. The van der Waals surface area contributed by atoms with Gasteiger partial charge in [-0.25, -0.2) is 4.39 Å². The van der Waals surface area contributed by atoms with Gasteiger partial charge in [-0.2, -0.15) is 5.06 Å². The lowest BCUT2D eigenvalue weighted by Gasteiger charge is -2.34. The van der Waals surface area contributed by atoms with E-state index in [4.69, 9.17) is 10.6 Å².